The summed E-state index contributed by atoms with van der Waals surface area (Å²) in [6.45, 7) is 0.576. The van der Waals surface area contributed by atoms with Crippen molar-refractivity contribution >= 4 is 11.8 Å². The molecule has 1 saturated heterocycles. The van der Waals surface area contributed by atoms with Crippen molar-refractivity contribution in [3.63, 3.8) is 0 Å². The number of halogens is 3. The molecule has 0 aromatic carbocycles. The SMILES string of the molecule is CC1SCCC1(CO)NCC(F)(F)F. The predicted octanol–water partition coefficient (Wildman–Crippen LogP) is 1.39. The van der Waals surface area contributed by atoms with Gasteiger partial charge < -0.3 is 5.11 Å². The van der Waals surface area contributed by atoms with Crippen LogP contribution in [-0.4, -0.2) is 41.0 Å². The average Bonchev–Trinajstić information content (AvgIpc) is 2.43. The predicted molar refractivity (Wildman–Crippen MR) is 50.4 cm³/mol. The second-order valence-corrected chi connectivity index (χ2v) is 4.99. The van der Waals surface area contributed by atoms with E-state index >= 15 is 0 Å². The first kappa shape index (κ1) is 12.1. The number of nitrogens with one attached hydrogen (secondary N) is 1. The molecule has 2 N–H and O–H groups in total. The number of hydrogen-bond donors (Lipinski definition) is 2. The topological polar surface area (TPSA) is 32.3 Å². The molecule has 6 heteroatoms. The molecule has 0 aliphatic carbocycles. The van der Waals surface area contributed by atoms with Crippen LogP contribution in [0.2, 0.25) is 0 Å². The normalized spacial score (nSPS) is 33.6. The number of aliphatic hydroxyl groups is 1. The first-order chi connectivity index (χ1) is 6.40. The monoisotopic (exact) mass is 229 g/mol. The minimum atomic E-state index is -4.21. The Bertz CT molecular complexity index is 200. The van der Waals surface area contributed by atoms with Crippen LogP contribution in [0.3, 0.4) is 0 Å². The van der Waals surface area contributed by atoms with Crippen LogP contribution in [0.4, 0.5) is 13.2 Å². The van der Waals surface area contributed by atoms with Crippen molar-refractivity contribution < 1.29 is 18.3 Å². The molecule has 1 aliphatic heterocycles. The van der Waals surface area contributed by atoms with E-state index < -0.39 is 18.3 Å². The van der Waals surface area contributed by atoms with Gasteiger partial charge in [-0.05, 0) is 12.2 Å². The maximum atomic E-state index is 12.0. The summed E-state index contributed by atoms with van der Waals surface area (Å²) < 4.78 is 36.0. The molecule has 1 aliphatic rings. The molecule has 14 heavy (non-hydrogen) atoms. The molecule has 2 nitrogen and oxygen atoms in total. The molecular formula is C8H14F3NOS. The maximum Gasteiger partial charge on any atom is 0.401 e. The first-order valence-electron chi connectivity index (χ1n) is 4.44. The van der Waals surface area contributed by atoms with Crippen LogP contribution in [0.15, 0.2) is 0 Å². The van der Waals surface area contributed by atoms with E-state index in [1.54, 1.807) is 11.8 Å². The van der Waals surface area contributed by atoms with E-state index in [0.29, 0.717) is 6.42 Å². The Labute approximate surface area is 85.3 Å². The van der Waals surface area contributed by atoms with E-state index in [2.05, 4.69) is 5.32 Å². The summed E-state index contributed by atoms with van der Waals surface area (Å²) in [5.41, 5.74) is -0.750. The summed E-state index contributed by atoms with van der Waals surface area (Å²) in [4.78, 5) is 0. The molecule has 0 aromatic heterocycles. The first-order valence-corrected chi connectivity index (χ1v) is 5.49. The quantitative estimate of drug-likeness (QED) is 0.767. The van der Waals surface area contributed by atoms with Crippen molar-refractivity contribution in [3.05, 3.63) is 0 Å². The van der Waals surface area contributed by atoms with E-state index in [-0.39, 0.29) is 11.9 Å². The summed E-state index contributed by atoms with van der Waals surface area (Å²) >= 11 is 1.59. The highest BCUT2D eigenvalue weighted by Gasteiger charge is 2.42. The molecule has 0 bridgehead atoms. The van der Waals surface area contributed by atoms with Gasteiger partial charge in [0, 0.05) is 5.25 Å². The van der Waals surface area contributed by atoms with Crippen molar-refractivity contribution in [1.82, 2.24) is 5.32 Å². The highest BCUT2D eigenvalue weighted by atomic mass is 32.2. The third-order valence-electron chi connectivity index (χ3n) is 2.62. The van der Waals surface area contributed by atoms with E-state index in [9.17, 15) is 13.2 Å². The Kier molecular flexibility index (Phi) is 3.71. The van der Waals surface area contributed by atoms with Crippen LogP contribution in [0, 0.1) is 0 Å². The Morgan fingerprint density at radius 1 is 1.57 bits per heavy atom. The molecule has 0 saturated carbocycles. The Morgan fingerprint density at radius 3 is 2.57 bits per heavy atom. The van der Waals surface area contributed by atoms with Crippen LogP contribution in [0.5, 0.6) is 0 Å². The molecule has 2 unspecified atom stereocenters. The molecule has 1 fully saturated rings. The smallest absolute Gasteiger partial charge is 0.394 e. The second-order valence-electron chi connectivity index (χ2n) is 3.55. The van der Waals surface area contributed by atoms with Crippen molar-refractivity contribution in [2.24, 2.45) is 0 Å². The van der Waals surface area contributed by atoms with Gasteiger partial charge in [-0.15, -0.1) is 0 Å². The third kappa shape index (κ3) is 2.77. The Balaban J connectivity index is 2.54. The molecule has 1 heterocycles. The molecule has 0 radical (unpaired) electrons. The molecule has 84 valence electrons. The minimum Gasteiger partial charge on any atom is -0.394 e. The average molecular weight is 229 g/mol. The Morgan fingerprint density at radius 2 is 2.21 bits per heavy atom. The summed E-state index contributed by atoms with van der Waals surface area (Å²) in [6.07, 6.45) is -3.62. The van der Waals surface area contributed by atoms with Crippen molar-refractivity contribution in [2.45, 2.75) is 30.3 Å². The third-order valence-corrected chi connectivity index (χ3v) is 4.01. The molecule has 0 aromatic rings. The lowest BCUT2D eigenvalue weighted by atomic mass is 9.94. The Hall–Kier alpha value is 0.0600. The standard InChI is InChI=1S/C8H14F3NOS/c1-6-7(5-13,2-3-14-6)12-4-8(9,10)11/h6,12-13H,2-5H2,1H3. The highest BCUT2D eigenvalue weighted by molar-refractivity contribution is 8.00. The molecule has 0 amide bonds. The minimum absolute atomic E-state index is 0.0230. The van der Waals surface area contributed by atoms with Crippen LogP contribution in [0.1, 0.15) is 13.3 Å². The molecule has 1 rings (SSSR count). The van der Waals surface area contributed by atoms with Gasteiger partial charge >= 0.3 is 6.18 Å². The second kappa shape index (κ2) is 4.28. The van der Waals surface area contributed by atoms with Crippen LogP contribution in [0.25, 0.3) is 0 Å². The van der Waals surface area contributed by atoms with Crippen LogP contribution >= 0.6 is 11.8 Å². The van der Waals surface area contributed by atoms with Gasteiger partial charge in [-0.2, -0.15) is 24.9 Å². The van der Waals surface area contributed by atoms with Gasteiger partial charge in [0.25, 0.3) is 0 Å². The molecular weight excluding hydrogens is 215 g/mol. The van der Waals surface area contributed by atoms with E-state index in [0.717, 1.165) is 5.75 Å². The summed E-state index contributed by atoms with van der Waals surface area (Å²) in [7, 11) is 0. The van der Waals surface area contributed by atoms with Crippen molar-refractivity contribution in [2.75, 3.05) is 18.9 Å². The fourth-order valence-electron chi connectivity index (χ4n) is 1.55. The maximum absolute atomic E-state index is 12.0. The number of hydrogen-bond acceptors (Lipinski definition) is 3. The number of rotatable bonds is 3. The molecule has 2 atom stereocenters. The van der Waals surface area contributed by atoms with Crippen LogP contribution < -0.4 is 5.32 Å². The summed E-state index contributed by atoms with van der Waals surface area (Å²) in [5, 5.41) is 11.6. The van der Waals surface area contributed by atoms with Crippen molar-refractivity contribution in [1.29, 1.82) is 0 Å². The zero-order valence-corrected chi connectivity index (χ0v) is 8.71. The number of aliphatic hydroxyl groups excluding tert-OH is 1. The van der Waals surface area contributed by atoms with Gasteiger partial charge in [0.05, 0.1) is 18.7 Å². The van der Waals surface area contributed by atoms with Crippen molar-refractivity contribution in [3.8, 4) is 0 Å². The van der Waals surface area contributed by atoms with Gasteiger partial charge in [0.1, 0.15) is 0 Å². The fourth-order valence-corrected chi connectivity index (χ4v) is 2.98. The fraction of sp³-hybridized carbons (Fsp3) is 1.00. The van der Waals surface area contributed by atoms with Gasteiger partial charge in [0.2, 0.25) is 0 Å². The van der Waals surface area contributed by atoms with Gasteiger partial charge in [-0.1, -0.05) is 6.92 Å². The lowest BCUT2D eigenvalue weighted by molar-refractivity contribution is -0.129. The van der Waals surface area contributed by atoms with E-state index in [1.807, 2.05) is 6.92 Å². The van der Waals surface area contributed by atoms with E-state index in [4.69, 9.17) is 5.11 Å². The van der Waals surface area contributed by atoms with Gasteiger partial charge in [-0.3, -0.25) is 5.32 Å². The van der Waals surface area contributed by atoms with E-state index in [1.165, 1.54) is 0 Å². The lowest BCUT2D eigenvalue weighted by Crippen LogP contribution is -2.55. The van der Waals surface area contributed by atoms with Crippen LogP contribution in [-0.2, 0) is 0 Å². The largest absolute Gasteiger partial charge is 0.401 e. The summed E-state index contributed by atoms with van der Waals surface area (Å²) in [6, 6.07) is 0. The summed E-state index contributed by atoms with van der Waals surface area (Å²) in [5.74, 6) is 0.798. The van der Waals surface area contributed by atoms with Gasteiger partial charge in [-0.25, -0.2) is 0 Å². The molecule has 0 spiro atoms. The number of alkyl halides is 3. The zero-order valence-electron chi connectivity index (χ0n) is 7.90. The lowest BCUT2D eigenvalue weighted by Gasteiger charge is -2.32. The zero-order chi connectivity index (χ0) is 10.8. The highest BCUT2D eigenvalue weighted by Crippen LogP contribution is 2.35. The number of thioether (sulfide) groups is 1. The van der Waals surface area contributed by atoms with Gasteiger partial charge in [0.15, 0.2) is 0 Å².